The maximum Gasteiger partial charge on any atom is 0.0694 e. The molecule has 0 fully saturated rings. The van der Waals surface area contributed by atoms with Crippen LogP contribution in [0.4, 0.5) is 5.69 Å². The molecule has 0 saturated carbocycles. The number of hydrogen-bond donors (Lipinski definition) is 0. The molecule has 1 atom stereocenters. The van der Waals surface area contributed by atoms with Gasteiger partial charge in [0, 0.05) is 16.5 Å². The first-order valence-electron chi connectivity index (χ1n) is 13.0. The molecule has 2 heteroatoms. The van der Waals surface area contributed by atoms with Gasteiger partial charge in [-0.15, -0.1) is 0 Å². The summed E-state index contributed by atoms with van der Waals surface area (Å²) in [4.78, 5) is 0. The van der Waals surface area contributed by atoms with E-state index in [-0.39, 0.29) is 0 Å². The maximum atomic E-state index is 6.05. The molecule has 0 amide bonds. The third-order valence-corrected chi connectivity index (χ3v) is 11.8. The van der Waals surface area contributed by atoms with Crippen molar-refractivity contribution >= 4 is 23.4 Å². The number of nitrogens with zero attached hydrogens (tertiary/aromatic N) is 1. The summed E-state index contributed by atoms with van der Waals surface area (Å²) >= 11 is 0. The lowest BCUT2D eigenvalue weighted by Gasteiger charge is -2.33. The molecule has 0 saturated heterocycles. The molecule has 182 valence electrons. The van der Waals surface area contributed by atoms with Gasteiger partial charge in [0.15, 0.2) is 0 Å². The second-order valence-electron chi connectivity index (χ2n) is 10.5. The highest BCUT2D eigenvalue weighted by Gasteiger charge is 2.38. The second kappa shape index (κ2) is 10.2. The Hall–Kier alpha value is -2.63. The van der Waals surface area contributed by atoms with Gasteiger partial charge in [-0.3, -0.25) is 4.74 Å². The van der Waals surface area contributed by atoms with Crippen molar-refractivity contribution in [3.8, 4) is 0 Å². The van der Waals surface area contributed by atoms with Crippen LogP contribution in [-0.4, -0.2) is 0 Å². The molecule has 0 N–H and O–H groups in total. The van der Waals surface area contributed by atoms with Crippen molar-refractivity contribution in [1.82, 2.24) is 0 Å². The summed E-state index contributed by atoms with van der Waals surface area (Å²) in [7, 11) is -2.33. The molecular weight excluding hydrogens is 441 g/mol. The molecule has 0 heterocycles. The SMILES string of the molecule is CC1=C(C)[C@@H](C)C(P(=Nc2c(C(C)C)cccc2C(C)C)(c2ccccc2)c2ccccc2)=C1C. The van der Waals surface area contributed by atoms with Gasteiger partial charge in [-0.25, -0.2) is 0 Å². The fourth-order valence-electron chi connectivity index (χ4n) is 5.53. The Labute approximate surface area is 213 Å². The lowest BCUT2D eigenvalue weighted by Crippen LogP contribution is -2.20. The molecule has 0 radical (unpaired) electrons. The van der Waals surface area contributed by atoms with Crippen molar-refractivity contribution in [3.05, 3.63) is 112 Å². The maximum absolute atomic E-state index is 6.05. The van der Waals surface area contributed by atoms with Crippen LogP contribution in [-0.2, 0) is 0 Å². The second-order valence-corrected chi connectivity index (χ2v) is 13.5. The van der Waals surface area contributed by atoms with Crippen LogP contribution in [0.2, 0.25) is 0 Å². The zero-order valence-electron chi connectivity index (χ0n) is 22.6. The van der Waals surface area contributed by atoms with Crippen LogP contribution in [0.15, 0.2) is 106 Å². The third kappa shape index (κ3) is 4.41. The smallest absolute Gasteiger partial charge is 0.0694 e. The zero-order valence-corrected chi connectivity index (χ0v) is 23.5. The molecule has 1 aliphatic carbocycles. The Morgan fingerprint density at radius 1 is 0.629 bits per heavy atom. The Bertz CT molecular complexity index is 1250. The average molecular weight is 482 g/mol. The Morgan fingerprint density at radius 2 is 1.09 bits per heavy atom. The molecule has 3 aromatic carbocycles. The van der Waals surface area contributed by atoms with E-state index >= 15 is 0 Å². The zero-order chi connectivity index (χ0) is 25.3. The van der Waals surface area contributed by atoms with E-state index in [0.717, 1.165) is 0 Å². The van der Waals surface area contributed by atoms with Crippen LogP contribution < -0.4 is 10.6 Å². The molecule has 0 aromatic heterocycles. The fraction of sp³-hybridized carbons (Fsp3) is 0.333. The van der Waals surface area contributed by atoms with Crippen molar-refractivity contribution in [1.29, 1.82) is 0 Å². The van der Waals surface area contributed by atoms with Crippen molar-refractivity contribution in [3.63, 3.8) is 0 Å². The van der Waals surface area contributed by atoms with Crippen molar-refractivity contribution < 1.29 is 0 Å². The van der Waals surface area contributed by atoms with E-state index < -0.39 is 7.05 Å². The van der Waals surface area contributed by atoms with E-state index in [9.17, 15) is 0 Å². The molecule has 1 aliphatic rings. The molecular formula is C33H40NP. The minimum Gasteiger partial charge on any atom is -0.254 e. The first-order valence-corrected chi connectivity index (χ1v) is 14.7. The van der Waals surface area contributed by atoms with Gasteiger partial charge >= 0.3 is 0 Å². The van der Waals surface area contributed by atoms with Crippen LogP contribution in [0.3, 0.4) is 0 Å². The predicted molar refractivity (Wildman–Crippen MR) is 156 cm³/mol. The fourth-order valence-corrected chi connectivity index (χ4v) is 9.87. The summed E-state index contributed by atoms with van der Waals surface area (Å²) in [6, 6.07) is 29.0. The molecule has 4 rings (SSSR count). The van der Waals surface area contributed by atoms with Gasteiger partial charge in [0.1, 0.15) is 0 Å². The molecule has 3 aromatic rings. The molecule has 1 nitrogen and oxygen atoms in total. The number of allylic oxidation sites excluding steroid dienone is 4. The minimum atomic E-state index is -2.33. The van der Waals surface area contributed by atoms with E-state index in [1.807, 2.05) is 0 Å². The summed E-state index contributed by atoms with van der Waals surface area (Å²) in [5, 5.41) is 4.18. The van der Waals surface area contributed by atoms with E-state index in [4.69, 9.17) is 4.74 Å². The summed E-state index contributed by atoms with van der Waals surface area (Å²) < 4.78 is 6.05. The van der Waals surface area contributed by atoms with Gasteiger partial charge in [0.05, 0.1) is 12.7 Å². The predicted octanol–water partition coefficient (Wildman–Crippen LogP) is 9.68. The van der Waals surface area contributed by atoms with Crippen molar-refractivity contribution in [2.24, 2.45) is 10.7 Å². The normalized spacial score (nSPS) is 16.6. The van der Waals surface area contributed by atoms with Crippen molar-refractivity contribution in [2.45, 2.75) is 67.2 Å². The summed E-state index contributed by atoms with van der Waals surface area (Å²) in [5.74, 6) is 1.17. The van der Waals surface area contributed by atoms with Crippen LogP contribution in [0.5, 0.6) is 0 Å². The van der Waals surface area contributed by atoms with Gasteiger partial charge in [-0.1, -0.05) is 119 Å². The highest BCUT2D eigenvalue weighted by atomic mass is 31.2. The van der Waals surface area contributed by atoms with Crippen LogP contribution in [0, 0.1) is 5.92 Å². The summed E-state index contributed by atoms with van der Waals surface area (Å²) in [5.41, 5.74) is 8.22. The summed E-state index contributed by atoms with van der Waals surface area (Å²) in [6.45, 7) is 18.5. The monoisotopic (exact) mass is 481 g/mol. The van der Waals surface area contributed by atoms with E-state index in [1.54, 1.807) is 0 Å². The average Bonchev–Trinajstić information content (AvgIpc) is 3.06. The lowest BCUT2D eigenvalue weighted by molar-refractivity contribution is 0.834. The van der Waals surface area contributed by atoms with Crippen LogP contribution in [0.25, 0.3) is 0 Å². The van der Waals surface area contributed by atoms with E-state index in [1.165, 1.54) is 49.5 Å². The van der Waals surface area contributed by atoms with Gasteiger partial charge in [-0.2, -0.15) is 0 Å². The molecule has 0 aliphatic heterocycles. The Morgan fingerprint density at radius 3 is 1.46 bits per heavy atom. The van der Waals surface area contributed by atoms with Gasteiger partial charge in [0.2, 0.25) is 0 Å². The Balaban J connectivity index is 2.26. The molecule has 0 unspecified atom stereocenters. The van der Waals surface area contributed by atoms with Gasteiger partial charge < -0.3 is 0 Å². The topological polar surface area (TPSA) is 12.4 Å². The molecule has 0 bridgehead atoms. The van der Waals surface area contributed by atoms with Gasteiger partial charge in [-0.05, 0) is 60.2 Å². The van der Waals surface area contributed by atoms with Crippen LogP contribution >= 0.6 is 7.05 Å². The number of benzene rings is 3. The minimum absolute atomic E-state index is 0.362. The van der Waals surface area contributed by atoms with E-state index in [0.29, 0.717) is 17.8 Å². The Kier molecular flexibility index (Phi) is 7.39. The van der Waals surface area contributed by atoms with Crippen LogP contribution in [0.1, 0.15) is 78.4 Å². The molecule has 35 heavy (non-hydrogen) atoms. The molecule has 0 spiro atoms. The lowest BCUT2D eigenvalue weighted by atomic mass is 9.93. The first kappa shape index (κ1) is 25.5. The quantitative estimate of drug-likeness (QED) is 0.311. The standard InChI is InChI=1S/C33H40NP/c1-22(2)30-20-15-21-31(23(3)4)32(30)34-35(28-16-11-9-12-17-28,29-18-13-10-14-19-29)33-26(7)24(5)25(6)27(33)8/h9-23,26H,1-8H3/t26-/m1/s1. The first-order chi connectivity index (χ1) is 16.7. The van der Waals surface area contributed by atoms with E-state index in [2.05, 4.69) is 134 Å². The third-order valence-electron chi connectivity index (χ3n) is 7.80. The largest absolute Gasteiger partial charge is 0.254 e. The summed E-state index contributed by atoms with van der Waals surface area (Å²) in [6.07, 6.45) is 0. The van der Waals surface area contributed by atoms with Gasteiger partial charge in [0.25, 0.3) is 0 Å². The number of hydrogen-bond acceptors (Lipinski definition) is 1. The highest BCUT2D eigenvalue weighted by molar-refractivity contribution is 7.84. The highest BCUT2D eigenvalue weighted by Crippen LogP contribution is 2.65. The van der Waals surface area contributed by atoms with Crippen molar-refractivity contribution in [2.75, 3.05) is 0 Å². The number of rotatable bonds is 6.